The SMILES string of the molecule is Cc1nnc(N2CCN(Cc3ccccc3)CC2)c(C#N)c1C. The molecule has 0 saturated carbocycles. The Morgan fingerprint density at radius 1 is 1.04 bits per heavy atom. The number of aryl methyl sites for hydroxylation is 1. The highest BCUT2D eigenvalue weighted by Gasteiger charge is 2.22. The van der Waals surface area contributed by atoms with Crippen molar-refractivity contribution in [1.29, 1.82) is 5.26 Å². The molecule has 0 aliphatic carbocycles. The van der Waals surface area contributed by atoms with Gasteiger partial charge in [0.2, 0.25) is 0 Å². The lowest BCUT2D eigenvalue weighted by molar-refractivity contribution is 0.249. The smallest absolute Gasteiger partial charge is 0.169 e. The average Bonchev–Trinajstić information content (AvgIpc) is 2.59. The first-order valence-electron chi connectivity index (χ1n) is 7.94. The minimum absolute atomic E-state index is 0.661. The first kappa shape index (κ1) is 15.4. The van der Waals surface area contributed by atoms with E-state index in [9.17, 15) is 5.26 Å². The van der Waals surface area contributed by atoms with Crippen LogP contribution in [-0.4, -0.2) is 41.3 Å². The quantitative estimate of drug-likeness (QED) is 0.871. The summed E-state index contributed by atoms with van der Waals surface area (Å²) in [4.78, 5) is 4.62. The van der Waals surface area contributed by atoms with Crippen LogP contribution >= 0.6 is 0 Å². The van der Waals surface area contributed by atoms with Crippen molar-refractivity contribution in [2.75, 3.05) is 31.1 Å². The normalized spacial score (nSPS) is 15.4. The van der Waals surface area contributed by atoms with Crippen LogP contribution in [0.25, 0.3) is 0 Å². The molecule has 1 fully saturated rings. The molecule has 118 valence electrons. The second kappa shape index (κ2) is 6.76. The van der Waals surface area contributed by atoms with Gasteiger partial charge in [-0.05, 0) is 25.0 Å². The van der Waals surface area contributed by atoms with Gasteiger partial charge in [0.25, 0.3) is 0 Å². The molecule has 0 radical (unpaired) electrons. The summed E-state index contributed by atoms with van der Waals surface area (Å²) in [6.45, 7) is 8.49. The number of nitrogens with zero attached hydrogens (tertiary/aromatic N) is 5. The van der Waals surface area contributed by atoms with Gasteiger partial charge in [0.15, 0.2) is 5.82 Å². The fourth-order valence-corrected chi connectivity index (χ4v) is 2.91. The van der Waals surface area contributed by atoms with Crippen molar-refractivity contribution in [2.45, 2.75) is 20.4 Å². The van der Waals surface area contributed by atoms with E-state index < -0.39 is 0 Å². The fraction of sp³-hybridized carbons (Fsp3) is 0.389. The highest BCUT2D eigenvalue weighted by atomic mass is 15.3. The molecule has 0 N–H and O–H groups in total. The zero-order valence-corrected chi connectivity index (χ0v) is 13.7. The van der Waals surface area contributed by atoms with Crippen molar-refractivity contribution in [3.05, 3.63) is 52.7 Å². The van der Waals surface area contributed by atoms with Gasteiger partial charge in [-0.2, -0.15) is 10.4 Å². The third kappa shape index (κ3) is 3.33. The van der Waals surface area contributed by atoms with Crippen molar-refractivity contribution in [2.24, 2.45) is 0 Å². The zero-order chi connectivity index (χ0) is 16.2. The Labute approximate surface area is 137 Å². The van der Waals surface area contributed by atoms with Crippen LogP contribution in [0.4, 0.5) is 5.82 Å². The second-order valence-corrected chi connectivity index (χ2v) is 5.97. The van der Waals surface area contributed by atoms with Crippen molar-refractivity contribution in [3.8, 4) is 6.07 Å². The molecule has 0 amide bonds. The molecule has 1 saturated heterocycles. The molecule has 1 aliphatic rings. The molecule has 5 heteroatoms. The first-order chi connectivity index (χ1) is 11.2. The van der Waals surface area contributed by atoms with Crippen molar-refractivity contribution < 1.29 is 0 Å². The van der Waals surface area contributed by atoms with Crippen LogP contribution in [-0.2, 0) is 6.54 Å². The minimum atomic E-state index is 0.661. The lowest BCUT2D eigenvalue weighted by Gasteiger charge is -2.35. The number of aromatic nitrogens is 2. The van der Waals surface area contributed by atoms with Crippen LogP contribution in [0.1, 0.15) is 22.4 Å². The molecule has 5 nitrogen and oxygen atoms in total. The first-order valence-corrected chi connectivity index (χ1v) is 7.94. The largest absolute Gasteiger partial charge is 0.351 e. The van der Waals surface area contributed by atoms with E-state index in [1.54, 1.807) is 0 Å². The maximum Gasteiger partial charge on any atom is 0.169 e. The molecule has 0 bridgehead atoms. The van der Waals surface area contributed by atoms with Crippen LogP contribution in [0, 0.1) is 25.2 Å². The Kier molecular flexibility index (Phi) is 4.54. The van der Waals surface area contributed by atoms with Crippen molar-refractivity contribution in [1.82, 2.24) is 15.1 Å². The molecule has 1 aliphatic heterocycles. The number of anilines is 1. The van der Waals surface area contributed by atoms with Gasteiger partial charge in [-0.15, -0.1) is 5.10 Å². The summed E-state index contributed by atoms with van der Waals surface area (Å²) in [5.41, 5.74) is 3.76. The standard InChI is InChI=1S/C18H21N5/c1-14-15(2)20-21-18(17(14)12-19)23-10-8-22(9-11-23)13-16-6-4-3-5-7-16/h3-7H,8-11,13H2,1-2H3. The lowest BCUT2D eigenvalue weighted by atomic mass is 10.1. The molecule has 2 heterocycles. The average molecular weight is 307 g/mol. The zero-order valence-electron chi connectivity index (χ0n) is 13.7. The molecule has 0 atom stereocenters. The third-order valence-electron chi connectivity index (χ3n) is 4.47. The molecular formula is C18H21N5. The third-order valence-corrected chi connectivity index (χ3v) is 4.47. The minimum Gasteiger partial charge on any atom is -0.351 e. The van der Waals surface area contributed by atoms with Crippen LogP contribution < -0.4 is 4.90 Å². The van der Waals surface area contributed by atoms with E-state index in [0.29, 0.717) is 5.56 Å². The van der Waals surface area contributed by atoms with Gasteiger partial charge < -0.3 is 4.90 Å². The van der Waals surface area contributed by atoms with Gasteiger partial charge in [-0.25, -0.2) is 0 Å². The maximum atomic E-state index is 9.45. The van der Waals surface area contributed by atoms with E-state index in [1.807, 2.05) is 19.9 Å². The summed E-state index contributed by atoms with van der Waals surface area (Å²) < 4.78 is 0. The molecule has 1 aromatic carbocycles. The van der Waals surface area contributed by atoms with Crippen LogP contribution in [0.3, 0.4) is 0 Å². The highest BCUT2D eigenvalue weighted by Crippen LogP contribution is 2.22. The summed E-state index contributed by atoms with van der Waals surface area (Å²) in [6, 6.07) is 12.8. The van der Waals surface area contributed by atoms with E-state index in [4.69, 9.17) is 0 Å². The molecular weight excluding hydrogens is 286 g/mol. The Hall–Kier alpha value is -2.45. The monoisotopic (exact) mass is 307 g/mol. The van der Waals surface area contributed by atoms with E-state index >= 15 is 0 Å². The van der Waals surface area contributed by atoms with Gasteiger partial charge in [-0.1, -0.05) is 30.3 Å². The summed E-state index contributed by atoms with van der Waals surface area (Å²) in [5.74, 6) is 0.731. The number of piperazine rings is 1. The molecule has 1 aromatic heterocycles. The Bertz CT molecular complexity index is 712. The number of hydrogen-bond donors (Lipinski definition) is 0. The van der Waals surface area contributed by atoms with Gasteiger partial charge in [0.05, 0.1) is 5.69 Å². The summed E-state index contributed by atoms with van der Waals surface area (Å²) in [5, 5.41) is 17.9. The fourth-order valence-electron chi connectivity index (χ4n) is 2.91. The molecule has 0 spiro atoms. The van der Waals surface area contributed by atoms with Crippen LogP contribution in [0.2, 0.25) is 0 Å². The maximum absolute atomic E-state index is 9.45. The molecule has 23 heavy (non-hydrogen) atoms. The predicted octanol–water partition coefficient (Wildman–Crippen LogP) is 2.29. The van der Waals surface area contributed by atoms with E-state index in [2.05, 4.69) is 50.3 Å². The highest BCUT2D eigenvalue weighted by molar-refractivity contribution is 5.57. The second-order valence-electron chi connectivity index (χ2n) is 5.97. The van der Waals surface area contributed by atoms with Crippen LogP contribution in [0.15, 0.2) is 30.3 Å². The Morgan fingerprint density at radius 2 is 1.74 bits per heavy atom. The summed E-state index contributed by atoms with van der Waals surface area (Å²) >= 11 is 0. The number of nitriles is 1. The topological polar surface area (TPSA) is 56.1 Å². The number of benzene rings is 1. The predicted molar refractivity (Wildman–Crippen MR) is 90.2 cm³/mol. The number of rotatable bonds is 3. The van der Waals surface area contributed by atoms with Gasteiger partial charge in [-0.3, -0.25) is 4.90 Å². The Morgan fingerprint density at radius 3 is 2.39 bits per heavy atom. The van der Waals surface area contributed by atoms with Gasteiger partial charge in [0.1, 0.15) is 11.6 Å². The Balaban J connectivity index is 1.68. The summed E-state index contributed by atoms with van der Waals surface area (Å²) in [6.07, 6.45) is 0. The van der Waals surface area contributed by atoms with Gasteiger partial charge >= 0.3 is 0 Å². The van der Waals surface area contributed by atoms with Crippen LogP contribution in [0.5, 0.6) is 0 Å². The van der Waals surface area contributed by atoms with E-state index in [0.717, 1.165) is 49.8 Å². The van der Waals surface area contributed by atoms with Crippen molar-refractivity contribution in [3.63, 3.8) is 0 Å². The van der Waals surface area contributed by atoms with E-state index in [-0.39, 0.29) is 0 Å². The molecule has 0 unspecified atom stereocenters. The van der Waals surface area contributed by atoms with E-state index in [1.165, 1.54) is 5.56 Å². The lowest BCUT2D eigenvalue weighted by Crippen LogP contribution is -2.46. The van der Waals surface area contributed by atoms with Gasteiger partial charge in [0, 0.05) is 32.7 Å². The molecule has 3 rings (SSSR count). The summed E-state index contributed by atoms with van der Waals surface area (Å²) in [7, 11) is 0. The number of hydrogen-bond acceptors (Lipinski definition) is 5. The van der Waals surface area contributed by atoms with Crippen molar-refractivity contribution >= 4 is 5.82 Å². The molecule has 2 aromatic rings.